The number of aliphatic hydroxyl groups is 1. The molecule has 2 atom stereocenters. The van der Waals surface area contributed by atoms with Gasteiger partial charge in [0.25, 0.3) is 0 Å². The monoisotopic (exact) mass is 229 g/mol. The first-order valence-corrected chi connectivity index (χ1v) is 6.94. The van der Waals surface area contributed by atoms with Crippen molar-refractivity contribution in [2.75, 3.05) is 6.54 Å². The zero-order valence-corrected chi connectivity index (χ0v) is 11.8. The maximum absolute atomic E-state index is 10.5. The van der Waals surface area contributed by atoms with Gasteiger partial charge in [-0.2, -0.15) is 0 Å². The zero-order valence-electron chi connectivity index (χ0n) is 11.8. The van der Waals surface area contributed by atoms with Crippen LogP contribution in [-0.4, -0.2) is 23.3 Å². The summed E-state index contributed by atoms with van der Waals surface area (Å²) in [5, 5.41) is 13.9. The molecule has 16 heavy (non-hydrogen) atoms. The van der Waals surface area contributed by atoms with E-state index in [1.54, 1.807) is 0 Å². The Morgan fingerprint density at radius 2 is 1.56 bits per heavy atom. The minimum Gasteiger partial charge on any atom is -0.389 e. The summed E-state index contributed by atoms with van der Waals surface area (Å²) in [6, 6.07) is 0.491. The van der Waals surface area contributed by atoms with Gasteiger partial charge in [0.15, 0.2) is 0 Å². The highest BCUT2D eigenvalue weighted by Crippen LogP contribution is 2.19. The van der Waals surface area contributed by atoms with Crippen molar-refractivity contribution in [3.8, 4) is 0 Å². The Morgan fingerprint density at radius 3 is 1.94 bits per heavy atom. The maximum Gasteiger partial charge on any atom is 0.0771 e. The third kappa shape index (κ3) is 5.86. The summed E-state index contributed by atoms with van der Waals surface area (Å²) in [6.45, 7) is 11.7. The van der Waals surface area contributed by atoms with Crippen LogP contribution in [-0.2, 0) is 0 Å². The SMILES string of the molecule is CCCC(O)(CCC)CNC(C)C(C)CC. The van der Waals surface area contributed by atoms with Gasteiger partial charge in [0.05, 0.1) is 5.60 Å². The highest BCUT2D eigenvalue weighted by atomic mass is 16.3. The highest BCUT2D eigenvalue weighted by Gasteiger charge is 2.25. The standard InChI is InChI=1S/C14H31NO/c1-6-9-14(16,10-7-2)11-15-13(5)12(4)8-3/h12-13,15-16H,6-11H2,1-5H3. The Balaban J connectivity index is 4.10. The Hall–Kier alpha value is -0.0800. The molecule has 2 heteroatoms. The summed E-state index contributed by atoms with van der Waals surface area (Å²) in [6.07, 6.45) is 5.10. The van der Waals surface area contributed by atoms with Gasteiger partial charge in [-0.15, -0.1) is 0 Å². The first-order chi connectivity index (χ1) is 7.49. The van der Waals surface area contributed by atoms with Crippen LogP contribution in [0.5, 0.6) is 0 Å². The van der Waals surface area contributed by atoms with Gasteiger partial charge in [-0.05, 0) is 25.7 Å². The molecule has 2 nitrogen and oxygen atoms in total. The van der Waals surface area contributed by atoms with E-state index in [4.69, 9.17) is 0 Å². The van der Waals surface area contributed by atoms with Gasteiger partial charge in [-0.25, -0.2) is 0 Å². The smallest absolute Gasteiger partial charge is 0.0771 e. The van der Waals surface area contributed by atoms with Gasteiger partial charge in [-0.3, -0.25) is 0 Å². The van der Waals surface area contributed by atoms with Crippen LogP contribution in [0, 0.1) is 5.92 Å². The van der Waals surface area contributed by atoms with Crippen LogP contribution in [0.4, 0.5) is 0 Å². The summed E-state index contributed by atoms with van der Waals surface area (Å²) in [4.78, 5) is 0. The van der Waals surface area contributed by atoms with Crippen LogP contribution in [0.2, 0.25) is 0 Å². The molecule has 0 bridgehead atoms. The molecular formula is C14H31NO. The van der Waals surface area contributed by atoms with Crippen LogP contribution >= 0.6 is 0 Å². The van der Waals surface area contributed by atoms with Gasteiger partial charge in [-0.1, -0.05) is 47.0 Å². The van der Waals surface area contributed by atoms with Crippen LogP contribution in [0.25, 0.3) is 0 Å². The molecule has 0 aliphatic carbocycles. The summed E-state index contributed by atoms with van der Waals surface area (Å²) in [5.41, 5.74) is -0.495. The summed E-state index contributed by atoms with van der Waals surface area (Å²) in [5.74, 6) is 0.674. The van der Waals surface area contributed by atoms with Crippen molar-refractivity contribution in [1.29, 1.82) is 0 Å². The third-order valence-electron chi connectivity index (χ3n) is 3.68. The van der Waals surface area contributed by atoms with Crippen molar-refractivity contribution in [3.05, 3.63) is 0 Å². The Labute approximate surface area is 102 Å². The van der Waals surface area contributed by atoms with E-state index in [0.717, 1.165) is 32.2 Å². The molecule has 0 aliphatic rings. The fourth-order valence-corrected chi connectivity index (χ4v) is 2.14. The normalized spacial score (nSPS) is 16.1. The number of hydrogen-bond donors (Lipinski definition) is 2. The molecule has 0 amide bonds. The lowest BCUT2D eigenvalue weighted by molar-refractivity contribution is 0.0181. The van der Waals surface area contributed by atoms with Gasteiger partial charge < -0.3 is 10.4 Å². The molecule has 0 saturated carbocycles. The molecule has 2 N–H and O–H groups in total. The summed E-state index contributed by atoms with van der Waals surface area (Å²) < 4.78 is 0. The molecule has 0 saturated heterocycles. The number of rotatable bonds is 9. The summed E-state index contributed by atoms with van der Waals surface area (Å²) >= 11 is 0. The predicted molar refractivity (Wildman–Crippen MR) is 71.7 cm³/mol. The second-order valence-electron chi connectivity index (χ2n) is 5.28. The van der Waals surface area contributed by atoms with E-state index >= 15 is 0 Å². The van der Waals surface area contributed by atoms with Gasteiger partial charge in [0, 0.05) is 12.6 Å². The molecule has 0 rings (SSSR count). The minimum atomic E-state index is -0.495. The molecule has 0 radical (unpaired) electrons. The largest absolute Gasteiger partial charge is 0.389 e. The molecule has 0 spiro atoms. The lowest BCUT2D eigenvalue weighted by atomic mass is 9.91. The number of hydrogen-bond acceptors (Lipinski definition) is 2. The molecule has 0 aliphatic heterocycles. The third-order valence-corrected chi connectivity index (χ3v) is 3.68. The van der Waals surface area contributed by atoms with Crippen molar-refractivity contribution >= 4 is 0 Å². The average molecular weight is 229 g/mol. The molecule has 0 aromatic carbocycles. The number of nitrogens with one attached hydrogen (secondary N) is 1. The maximum atomic E-state index is 10.5. The first-order valence-electron chi connectivity index (χ1n) is 6.94. The minimum absolute atomic E-state index is 0.491. The van der Waals surface area contributed by atoms with E-state index in [2.05, 4.69) is 39.9 Å². The molecule has 0 aromatic rings. The quantitative estimate of drug-likeness (QED) is 0.635. The van der Waals surface area contributed by atoms with Gasteiger partial charge in [0.1, 0.15) is 0 Å². The lowest BCUT2D eigenvalue weighted by Crippen LogP contribution is -2.45. The van der Waals surface area contributed by atoms with E-state index in [0.29, 0.717) is 12.0 Å². The van der Waals surface area contributed by atoms with E-state index in [1.807, 2.05) is 0 Å². The van der Waals surface area contributed by atoms with Crippen molar-refractivity contribution in [2.24, 2.45) is 5.92 Å². The van der Waals surface area contributed by atoms with Crippen molar-refractivity contribution < 1.29 is 5.11 Å². The second kappa shape index (κ2) is 8.08. The zero-order chi connectivity index (χ0) is 12.6. The van der Waals surface area contributed by atoms with Crippen molar-refractivity contribution in [2.45, 2.75) is 78.4 Å². The molecular weight excluding hydrogens is 198 g/mol. The molecule has 0 aromatic heterocycles. The highest BCUT2D eigenvalue weighted by molar-refractivity contribution is 4.82. The topological polar surface area (TPSA) is 32.3 Å². The van der Waals surface area contributed by atoms with Crippen LogP contribution in [0.3, 0.4) is 0 Å². The Kier molecular flexibility index (Phi) is 8.04. The van der Waals surface area contributed by atoms with Crippen molar-refractivity contribution in [1.82, 2.24) is 5.32 Å². The Bertz CT molecular complexity index is 164. The van der Waals surface area contributed by atoms with Gasteiger partial charge >= 0.3 is 0 Å². The van der Waals surface area contributed by atoms with Crippen LogP contribution in [0.15, 0.2) is 0 Å². The predicted octanol–water partition coefficient (Wildman–Crippen LogP) is 3.34. The fourth-order valence-electron chi connectivity index (χ4n) is 2.14. The molecule has 0 fully saturated rings. The fraction of sp³-hybridized carbons (Fsp3) is 1.00. The summed E-state index contributed by atoms with van der Waals surface area (Å²) in [7, 11) is 0. The van der Waals surface area contributed by atoms with E-state index < -0.39 is 5.60 Å². The van der Waals surface area contributed by atoms with E-state index in [9.17, 15) is 5.11 Å². The van der Waals surface area contributed by atoms with E-state index in [-0.39, 0.29) is 0 Å². The molecule has 98 valence electrons. The van der Waals surface area contributed by atoms with Crippen LogP contribution < -0.4 is 5.32 Å². The average Bonchev–Trinajstić information content (AvgIpc) is 2.25. The molecule has 2 unspecified atom stereocenters. The Morgan fingerprint density at radius 1 is 1.06 bits per heavy atom. The van der Waals surface area contributed by atoms with E-state index in [1.165, 1.54) is 6.42 Å². The van der Waals surface area contributed by atoms with Gasteiger partial charge in [0.2, 0.25) is 0 Å². The molecule has 0 heterocycles. The first kappa shape index (κ1) is 15.9. The second-order valence-corrected chi connectivity index (χ2v) is 5.28. The lowest BCUT2D eigenvalue weighted by Gasteiger charge is -2.31. The van der Waals surface area contributed by atoms with Crippen molar-refractivity contribution in [3.63, 3.8) is 0 Å². The van der Waals surface area contributed by atoms with Crippen LogP contribution in [0.1, 0.15) is 66.7 Å².